The number of alkyl halides is 2. The number of rotatable bonds is 10. The molecule has 148 valence electrons. The maximum absolute atomic E-state index is 12.5. The third kappa shape index (κ3) is 7.16. The number of furan rings is 1. The van der Waals surface area contributed by atoms with Gasteiger partial charge in [-0.3, -0.25) is 0 Å². The van der Waals surface area contributed by atoms with Crippen LogP contribution >= 0.6 is 0 Å². The highest BCUT2D eigenvalue weighted by Crippen LogP contribution is 2.30. The van der Waals surface area contributed by atoms with E-state index in [1.54, 1.807) is 25.3 Å². The van der Waals surface area contributed by atoms with Gasteiger partial charge in [-0.1, -0.05) is 6.07 Å². The van der Waals surface area contributed by atoms with Gasteiger partial charge in [-0.15, -0.1) is 0 Å². The first-order valence-electron chi connectivity index (χ1n) is 8.87. The summed E-state index contributed by atoms with van der Waals surface area (Å²) in [4.78, 5) is 4.51. The van der Waals surface area contributed by atoms with Gasteiger partial charge >= 0.3 is 6.61 Å². The van der Waals surface area contributed by atoms with E-state index in [1.807, 2.05) is 19.1 Å². The number of aliphatic imine (C=N–C) groups is 1. The summed E-state index contributed by atoms with van der Waals surface area (Å²) >= 11 is 0. The molecule has 0 aliphatic rings. The van der Waals surface area contributed by atoms with Gasteiger partial charge in [-0.05, 0) is 43.7 Å². The van der Waals surface area contributed by atoms with Crippen LogP contribution in [-0.2, 0) is 13.0 Å². The van der Waals surface area contributed by atoms with Gasteiger partial charge in [0.05, 0.1) is 19.4 Å². The van der Waals surface area contributed by atoms with Crippen molar-refractivity contribution in [3.63, 3.8) is 0 Å². The molecular formula is C19H25F2N3O3. The number of benzene rings is 1. The van der Waals surface area contributed by atoms with E-state index in [2.05, 4.69) is 20.4 Å². The first kappa shape index (κ1) is 20.5. The van der Waals surface area contributed by atoms with Crippen molar-refractivity contribution in [1.29, 1.82) is 0 Å². The Balaban J connectivity index is 1.99. The van der Waals surface area contributed by atoms with Crippen molar-refractivity contribution in [3.8, 4) is 11.5 Å². The van der Waals surface area contributed by atoms with Gasteiger partial charge in [0.2, 0.25) is 0 Å². The normalized spacial score (nSPS) is 11.5. The second kappa shape index (κ2) is 11.1. The highest BCUT2D eigenvalue weighted by atomic mass is 19.3. The molecule has 2 N–H and O–H groups in total. The maximum Gasteiger partial charge on any atom is 0.387 e. The third-order valence-corrected chi connectivity index (χ3v) is 3.53. The van der Waals surface area contributed by atoms with Gasteiger partial charge in [-0.2, -0.15) is 8.78 Å². The van der Waals surface area contributed by atoms with E-state index in [0.717, 1.165) is 24.3 Å². The summed E-state index contributed by atoms with van der Waals surface area (Å²) in [5, 5.41) is 6.39. The van der Waals surface area contributed by atoms with E-state index in [0.29, 0.717) is 25.7 Å². The number of hydrogen-bond acceptors (Lipinski definition) is 4. The lowest BCUT2D eigenvalue weighted by Gasteiger charge is -2.13. The van der Waals surface area contributed by atoms with E-state index in [9.17, 15) is 8.78 Å². The molecule has 6 nitrogen and oxygen atoms in total. The Morgan fingerprint density at radius 1 is 1.19 bits per heavy atom. The summed E-state index contributed by atoms with van der Waals surface area (Å²) in [5.41, 5.74) is 0.823. The number of nitrogens with zero attached hydrogens (tertiary/aromatic N) is 1. The second-order valence-electron chi connectivity index (χ2n) is 5.54. The van der Waals surface area contributed by atoms with Crippen LogP contribution in [0.4, 0.5) is 8.78 Å². The zero-order valence-corrected chi connectivity index (χ0v) is 15.5. The minimum absolute atomic E-state index is 0.0167. The maximum atomic E-state index is 12.5. The fourth-order valence-electron chi connectivity index (χ4n) is 2.38. The lowest BCUT2D eigenvalue weighted by atomic mass is 10.2. The minimum Gasteiger partial charge on any atom is -0.490 e. The van der Waals surface area contributed by atoms with Crippen LogP contribution in [0.5, 0.6) is 11.5 Å². The van der Waals surface area contributed by atoms with Gasteiger partial charge in [0, 0.05) is 19.5 Å². The predicted molar refractivity (Wildman–Crippen MR) is 99.5 cm³/mol. The molecule has 2 aromatic rings. The number of ether oxygens (including phenoxy) is 2. The SMILES string of the molecule is CCNC(=NCc1ccc(OC(F)F)c(OCC)c1)NCCc1ccco1. The largest absolute Gasteiger partial charge is 0.490 e. The Kier molecular flexibility index (Phi) is 8.41. The predicted octanol–water partition coefficient (Wildman–Crippen LogP) is 3.58. The lowest BCUT2D eigenvalue weighted by molar-refractivity contribution is -0.0514. The van der Waals surface area contributed by atoms with Gasteiger partial charge in [0.25, 0.3) is 0 Å². The smallest absolute Gasteiger partial charge is 0.387 e. The standard InChI is InChI=1S/C19H25F2N3O3/c1-3-22-19(23-10-9-15-6-5-11-26-15)24-13-14-7-8-16(27-18(20)21)17(12-14)25-4-2/h5-8,11-12,18H,3-4,9-10,13H2,1-2H3,(H2,22,23,24). The highest BCUT2D eigenvalue weighted by Gasteiger charge is 2.11. The molecule has 0 aliphatic carbocycles. The fraction of sp³-hybridized carbons (Fsp3) is 0.421. The molecule has 2 rings (SSSR count). The molecule has 0 saturated heterocycles. The molecule has 0 spiro atoms. The summed E-state index contributed by atoms with van der Waals surface area (Å²) in [6.45, 7) is 2.97. The van der Waals surface area contributed by atoms with Gasteiger partial charge < -0.3 is 24.5 Å². The molecule has 27 heavy (non-hydrogen) atoms. The summed E-state index contributed by atoms with van der Waals surface area (Å²) in [6.07, 6.45) is 2.39. The Labute approximate surface area is 157 Å². The second-order valence-corrected chi connectivity index (χ2v) is 5.54. The Hall–Kier alpha value is -2.77. The van der Waals surface area contributed by atoms with Crippen molar-refractivity contribution < 1.29 is 22.7 Å². The average Bonchev–Trinajstić information content (AvgIpc) is 3.15. The Morgan fingerprint density at radius 2 is 2.04 bits per heavy atom. The monoisotopic (exact) mass is 381 g/mol. The van der Waals surface area contributed by atoms with Crippen molar-refractivity contribution in [3.05, 3.63) is 47.9 Å². The molecule has 0 radical (unpaired) electrons. The number of halogens is 2. The van der Waals surface area contributed by atoms with E-state index in [4.69, 9.17) is 9.15 Å². The van der Waals surface area contributed by atoms with E-state index < -0.39 is 6.61 Å². The van der Waals surface area contributed by atoms with Crippen molar-refractivity contribution in [1.82, 2.24) is 10.6 Å². The van der Waals surface area contributed by atoms with Crippen molar-refractivity contribution in [2.75, 3.05) is 19.7 Å². The summed E-state index contributed by atoms with van der Waals surface area (Å²) in [6, 6.07) is 8.60. The van der Waals surface area contributed by atoms with Gasteiger partial charge in [0.1, 0.15) is 5.76 Å². The Morgan fingerprint density at radius 3 is 2.70 bits per heavy atom. The van der Waals surface area contributed by atoms with Crippen LogP contribution in [-0.4, -0.2) is 32.3 Å². The molecular weight excluding hydrogens is 356 g/mol. The number of guanidine groups is 1. The van der Waals surface area contributed by atoms with Crippen LogP contribution in [0.3, 0.4) is 0 Å². The topological polar surface area (TPSA) is 68.0 Å². The summed E-state index contributed by atoms with van der Waals surface area (Å²) < 4.78 is 40.1. The minimum atomic E-state index is -2.90. The quantitative estimate of drug-likeness (QED) is 0.486. The zero-order valence-electron chi connectivity index (χ0n) is 15.5. The molecule has 1 aromatic carbocycles. The van der Waals surface area contributed by atoms with Crippen molar-refractivity contribution in [2.24, 2.45) is 4.99 Å². The molecule has 0 aliphatic heterocycles. The molecule has 0 bridgehead atoms. The summed E-state index contributed by atoms with van der Waals surface area (Å²) in [5.74, 6) is 1.86. The molecule has 0 atom stereocenters. The molecule has 0 saturated carbocycles. The highest BCUT2D eigenvalue weighted by molar-refractivity contribution is 5.79. The van der Waals surface area contributed by atoms with Crippen LogP contribution in [0.25, 0.3) is 0 Å². The number of hydrogen-bond donors (Lipinski definition) is 2. The molecule has 0 amide bonds. The van der Waals surface area contributed by atoms with Crippen LogP contribution in [0, 0.1) is 0 Å². The molecule has 8 heteroatoms. The third-order valence-electron chi connectivity index (χ3n) is 3.53. The zero-order chi connectivity index (χ0) is 19.5. The van der Waals surface area contributed by atoms with Crippen LogP contribution in [0.1, 0.15) is 25.2 Å². The molecule has 0 fully saturated rings. The molecule has 1 heterocycles. The van der Waals surface area contributed by atoms with E-state index in [-0.39, 0.29) is 11.5 Å². The van der Waals surface area contributed by atoms with E-state index in [1.165, 1.54) is 6.07 Å². The fourth-order valence-corrected chi connectivity index (χ4v) is 2.38. The van der Waals surface area contributed by atoms with Crippen molar-refractivity contribution in [2.45, 2.75) is 33.4 Å². The first-order valence-corrected chi connectivity index (χ1v) is 8.87. The first-order chi connectivity index (χ1) is 13.1. The van der Waals surface area contributed by atoms with Gasteiger partial charge in [-0.25, -0.2) is 4.99 Å². The molecule has 1 aromatic heterocycles. The summed E-state index contributed by atoms with van der Waals surface area (Å²) in [7, 11) is 0. The van der Waals surface area contributed by atoms with Crippen LogP contribution in [0.2, 0.25) is 0 Å². The van der Waals surface area contributed by atoms with E-state index >= 15 is 0 Å². The number of nitrogens with one attached hydrogen (secondary N) is 2. The van der Waals surface area contributed by atoms with Crippen molar-refractivity contribution >= 4 is 5.96 Å². The molecule has 0 unspecified atom stereocenters. The van der Waals surface area contributed by atoms with Gasteiger partial charge in [0.15, 0.2) is 17.5 Å². The lowest BCUT2D eigenvalue weighted by Crippen LogP contribution is -2.38. The Bertz CT molecular complexity index is 706. The average molecular weight is 381 g/mol. The van der Waals surface area contributed by atoms with Crippen LogP contribution < -0.4 is 20.1 Å². The van der Waals surface area contributed by atoms with Crippen LogP contribution in [0.15, 0.2) is 46.0 Å².